The van der Waals surface area contributed by atoms with Crippen molar-refractivity contribution in [1.29, 1.82) is 0 Å². The van der Waals surface area contributed by atoms with Crippen LogP contribution in [0.4, 0.5) is 0 Å². The van der Waals surface area contributed by atoms with E-state index in [1.165, 1.54) is 30.7 Å². The number of carbonyl (C=O) groups is 9. The number of rotatable bonds is 23. The number of hydrogen-bond donors (Lipinski definition) is 18. The average Bonchev–Trinajstić information content (AvgIpc) is 2.52. The lowest BCUT2D eigenvalue weighted by atomic mass is 9.91. The number of carbonyl (C=O) groups excluding carboxylic acids is 7. The maximum atomic E-state index is 14.6. The standard InChI is InChI=1S/C52H88N10O15.2C2H4O2/c1-5-28(2)24-29(3)12-10-8-6-7-9-11-13-39(69)56-34-26-38(68)46(55-22-21-54)60-50(75)43-37(67)19-23-61(43)52(77)41(36(66)18-20-53)58-49(74)42(45(71)44(70)31-14-16-32(64)17-15-31)59-48(73)35-25-33(65)27-62(35)51(76)40(30(4)63)57-47(34)72;2*1-2(3)4/h14-17,28-30,33-38,40-46,55,63-68,70-71H,5-13,18-27,53-54H2,1-4H3,(H,56,69)(H,57,72)(H,58,74)(H,59,73)(H,60,75);2*1H3,(H,3,4)/t28-,29+,30+,33+,34-,35-,36+,37-,38+,40?,41-,42?,43-,44-,45-,46+;;/m0../s1. The first kappa shape index (κ1) is 74.9. The van der Waals surface area contributed by atoms with Crippen molar-refractivity contribution in [2.45, 2.75) is 217 Å². The number of aliphatic hydroxyl groups is 7. The normalized spacial score (nSPS) is 26.5. The molecule has 29 nitrogen and oxygen atoms in total. The van der Waals surface area contributed by atoms with E-state index < -0.39 is 158 Å². The zero-order chi connectivity index (χ0) is 64.2. The lowest BCUT2D eigenvalue weighted by molar-refractivity contribution is -0.148. The van der Waals surface area contributed by atoms with Gasteiger partial charge in [-0.2, -0.15) is 0 Å². The van der Waals surface area contributed by atoms with E-state index in [2.05, 4.69) is 52.7 Å². The number of aliphatic hydroxyl groups excluding tert-OH is 7. The second-order valence-corrected chi connectivity index (χ2v) is 22.3. The zero-order valence-corrected chi connectivity index (χ0v) is 49.7. The maximum absolute atomic E-state index is 14.6. The van der Waals surface area contributed by atoms with E-state index in [1.54, 1.807) is 0 Å². The Morgan fingerprint density at radius 3 is 1.82 bits per heavy atom. The summed E-state index contributed by atoms with van der Waals surface area (Å²) in [6.07, 6.45) is -6.95. The largest absolute Gasteiger partial charge is 0.508 e. The Bertz CT molecular complexity index is 2270. The molecule has 1 aromatic rings. The molecule has 3 aliphatic rings. The summed E-state index contributed by atoms with van der Waals surface area (Å²) < 4.78 is 0. The summed E-state index contributed by atoms with van der Waals surface area (Å²) in [7, 11) is 0. The molecule has 0 radical (unpaired) electrons. The molecular formula is C56H96N10O19. The van der Waals surface area contributed by atoms with Crippen molar-refractivity contribution in [2.24, 2.45) is 23.3 Å². The number of carboxylic acids is 2. The number of phenols is 1. The minimum atomic E-state index is -2.28. The van der Waals surface area contributed by atoms with Crippen LogP contribution in [-0.2, 0) is 43.2 Å². The molecule has 0 aromatic heterocycles. The molecule has 1 aromatic carbocycles. The summed E-state index contributed by atoms with van der Waals surface area (Å²) in [5, 5.41) is 119. The fraction of sp³-hybridized carbons (Fsp3) is 0.732. The molecule has 7 amide bonds. The second kappa shape index (κ2) is 38.1. The number of hydrogen-bond acceptors (Lipinski definition) is 20. The minimum absolute atomic E-state index is 0.0257. The van der Waals surface area contributed by atoms with Crippen LogP contribution in [0.1, 0.15) is 143 Å². The highest BCUT2D eigenvalue weighted by Gasteiger charge is 2.49. The zero-order valence-electron chi connectivity index (χ0n) is 49.7. The SMILES string of the molecule is CC(=O)O.CC(=O)O.CC[C@H](C)C[C@H](C)CCCCCCCCC(=O)N[C@H]1C[C@@H](O)[C@H](NCCN)NC(=O)[C@@H]2[C@@H](O)CCN2C(=O)[C@H]([C@H](O)CCN)NC(=O)C([C@H](O)[C@@H](O)c2ccc(O)cc2)NC(=O)[C@@H]2C[C@@H](O)CN2C(=O)C([C@@H](C)O)NC1=O. The van der Waals surface area contributed by atoms with Crippen LogP contribution in [-0.4, -0.2) is 226 Å². The van der Waals surface area contributed by atoms with Gasteiger partial charge in [-0.05, 0) is 68.7 Å². The molecule has 0 aliphatic carbocycles. The number of aromatic hydroxyl groups is 1. The van der Waals surface area contributed by atoms with Crippen LogP contribution in [0.25, 0.3) is 0 Å². The van der Waals surface area contributed by atoms with Gasteiger partial charge in [0.25, 0.3) is 11.9 Å². The number of nitrogens with zero attached hydrogens (tertiary/aromatic N) is 2. The fourth-order valence-corrected chi connectivity index (χ4v) is 10.2. The van der Waals surface area contributed by atoms with Crippen LogP contribution >= 0.6 is 0 Å². The number of aliphatic carboxylic acids is 2. The number of fused-ring (bicyclic) bond motifs is 2. The van der Waals surface area contributed by atoms with Crippen molar-refractivity contribution in [2.75, 3.05) is 32.7 Å². The van der Waals surface area contributed by atoms with Crippen LogP contribution in [0.5, 0.6) is 5.75 Å². The van der Waals surface area contributed by atoms with Gasteiger partial charge in [0.05, 0.1) is 30.5 Å². The monoisotopic (exact) mass is 1210 g/mol. The quantitative estimate of drug-likeness (QED) is 0.0482. The molecule has 3 aliphatic heterocycles. The molecule has 29 heteroatoms. The summed E-state index contributed by atoms with van der Waals surface area (Å²) in [4.78, 5) is 120. The number of nitrogens with two attached hydrogens (primary N) is 2. The summed E-state index contributed by atoms with van der Waals surface area (Å²) in [5.41, 5.74) is 11.5. The van der Waals surface area contributed by atoms with Crippen molar-refractivity contribution < 1.29 is 94.2 Å². The molecular weight excluding hydrogens is 1120 g/mol. The number of nitrogens with one attached hydrogen (secondary N) is 6. The van der Waals surface area contributed by atoms with Gasteiger partial charge < -0.3 is 98.9 Å². The third-order valence-electron chi connectivity index (χ3n) is 14.9. The first-order chi connectivity index (χ1) is 40.0. The third kappa shape index (κ3) is 25.4. The van der Waals surface area contributed by atoms with E-state index >= 15 is 0 Å². The van der Waals surface area contributed by atoms with E-state index in [1.807, 2.05) is 0 Å². The number of carboxylic acid groups (broad SMARTS) is 2. The van der Waals surface area contributed by atoms with Gasteiger partial charge in [0.2, 0.25) is 41.4 Å². The molecule has 20 N–H and O–H groups in total. The Kier molecular flexibility index (Phi) is 33.6. The van der Waals surface area contributed by atoms with Crippen molar-refractivity contribution in [1.82, 2.24) is 41.7 Å². The Labute approximate surface area is 496 Å². The molecule has 3 heterocycles. The van der Waals surface area contributed by atoms with Gasteiger partial charge in [-0.3, -0.25) is 48.5 Å². The summed E-state index contributed by atoms with van der Waals surface area (Å²) in [6, 6.07) is -6.40. The predicted molar refractivity (Wildman–Crippen MR) is 307 cm³/mol. The van der Waals surface area contributed by atoms with Crippen molar-refractivity contribution in [3.8, 4) is 5.75 Å². The Morgan fingerprint density at radius 2 is 1.25 bits per heavy atom. The molecule has 0 spiro atoms. The average molecular weight is 1210 g/mol. The predicted octanol–water partition coefficient (Wildman–Crippen LogP) is -3.13. The molecule has 85 heavy (non-hydrogen) atoms. The third-order valence-corrected chi connectivity index (χ3v) is 14.9. The molecule has 16 atom stereocenters. The van der Waals surface area contributed by atoms with E-state index in [-0.39, 0.29) is 56.8 Å². The topological polar surface area (TPSA) is 487 Å². The van der Waals surface area contributed by atoms with Gasteiger partial charge in [-0.15, -0.1) is 0 Å². The van der Waals surface area contributed by atoms with E-state index in [4.69, 9.17) is 31.3 Å². The summed E-state index contributed by atoms with van der Waals surface area (Å²) in [5.74, 6) is -8.10. The Hall–Kier alpha value is -6.15. The van der Waals surface area contributed by atoms with E-state index in [0.29, 0.717) is 24.7 Å². The van der Waals surface area contributed by atoms with E-state index in [0.717, 1.165) is 69.1 Å². The van der Waals surface area contributed by atoms with Crippen molar-refractivity contribution in [3.63, 3.8) is 0 Å². The number of benzene rings is 1. The van der Waals surface area contributed by atoms with Crippen LogP contribution in [0.2, 0.25) is 0 Å². The first-order valence-corrected chi connectivity index (χ1v) is 29.2. The van der Waals surface area contributed by atoms with Crippen LogP contribution in [0.3, 0.4) is 0 Å². The van der Waals surface area contributed by atoms with Crippen LogP contribution < -0.4 is 43.4 Å². The highest BCUT2D eigenvalue weighted by molar-refractivity contribution is 5.98. The lowest BCUT2D eigenvalue weighted by Gasteiger charge is -2.35. The highest BCUT2D eigenvalue weighted by Crippen LogP contribution is 2.27. The lowest BCUT2D eigenvalue weighted by Crippen LogP contribution is -2.65. The van der Waals surface area contributed by atoms with E-state index in [9.17, 15) is 74.4 Å². The molecule has 4 rings (SSSR count). The Morgan fingerprint density at radius 1 is 0.682 bits per heavy atom. The minimum Gasteiger partial charge on any atom is -0.508 e. The van der Waals surface area contributed by atoms with Crippen molar-refractivity contribution in [3.05, 3.63) is 29.8 Å². The van der Waals surface area contributed by atoms with Gasteiger partial charge in [-0.1, -0.05) is 77.8 Å². The smallest absolute Gasteiger partial charge is 0.300 e. The van der Waals surface area contributed by atoms with Gasteiger partial charge >= 0.3 is 0 Å². The van der Waals surface area contributed by atoms with Gasteiger partial charge in [0.1, 0.15) is 60.4 Å². The Balaban J connectivity index is 0.00000289. The number of unbranched alkanes of at least 4 members (excludes halogenated alkanes) is 5. The van der Waals surface area contributed by atoms with Crippen LogP contribution in [0, 0.1) is 11.8 Å². The maximum Gasteiger partial charge on any atom is 0.300 e. The second-order valence-electron chi connectivity index (χ2n) is 22.3. The molecule has 2 unspecified atom stereocenters. The number of amides is 7. The fourth-order valence-electron chi connectivity index (χ4n) is 10.2. The van der Waals surface area contributed by atoms with Crippen molar-refractivity contribution >= 4 is 53.3 Å². The highest BCUT2D eigenvalue weighted by atomic mass is 16.4. The molecule has 0 bridgehead atoms. The van der Waals surface area contributed by atoms with Gasteiger partial charge in [0.15, 0.2) is 0 Å². The van der Waals surface area contributed by atoms with Gasteiger partial charge in [-0.25, -0.2) is 0 Å². The molecule has 0 saturated carbocycles. The summed E-state index contributed by atoms with van der Waals surface area (Å²) >= 11 is 0. The molecule has 3 saturated heterocycles. The molecule has 3 fully saturated rings. The van der Waals surface area contributed by atoms with Gasteiger partial charge in [0, 0.05) is 59.3 Å². The first-order valence-electron chi connectivity index (χ1n) is 29.2. The number of phenolic OH excluding ortho intramolecular Hbond substituents is 1. The van der Waals surface area contributed by atoms with Crippen LogP contribution in [0.15, 0.2) is 24.3 Å². The summed E-state index contributed by atoms with van der Waals surface area (Å²) in [6.45, 7) is 8.90. The molecule has 484 valence electrons.